The highest BCUT2D eigenvalue weighted by atomic mass is 16.5. The molecular weight excluding hydrogens is 168 g/mol. The molecule has 3 heteroatoms. The minimum atomic E-state index is -0.243. The molecule has 0 heterocycles. The molecule has 13 heavy (non-hydrogen) atoms. The number of hydrogen-bond acceptors (Lipinski definition) is 3. The molecule has 0 aliphatic carbocycles. The zero-order valence-corrected chi connectivity index (χ0v) is 7.41. The number of ether oxygens (including phenoxy) is 1. The number of hydrogen-bond donors (Lipinski definition) is 1. The zero-order chi connectivity index (χ0) is 9.68. The van der Waals surface area contributed by atoms with Crippen molar-refractivity contribution < 1.29 is 14.6 Å². The van der Waals surface area contributed by atoms with Crippen LogP contribution >= 0.6 is 0 Å². The second kappa shape index (κ2) is 4.50. The van der Waals surface area contributed by atoms with Gasteiger partial charge in [-0.3, -0.25) is 4.79 Å². The summed E-state index contributed by atoms with van der Waals surface area (Å²) in [6.07, 6.45) is 0.912. The van der Waals surface area contributed by atoms with Crippen LogP contribution in [-0.2, 0) is 16.0 Å². The predicted octanol–water partition coefficient (Wildman–Crippen LogP) is 1.30. The van der Waals surface area contributed by atoms with Crippen molar-refractivity contribution in [1.82, 2.24) is 0 Å². The summed E-state index contributed by atoms with van der Waals surface area (Å²) >= 11 is 0. The molecule has 1 rings (SSSR count). The van der Waals surface area contributed by atoms with E-state index in [1.165, 1.54) is 7.11 Å². The number of rotatable bonds is 3. The van der Waals surface area contributed by atoms with Gasteiger partial charge in [-0.1, -0.05) is 12.1 Å². The third-order valence-corrected chi connectivity index (χ3v) is 1.70. The maximum Gasteiger partial charge on any atom is 0.305 e. The molecule has 0 unspecified atom stereocenters. The molecule has 0 aliphatic heterocycles. The maximum atomic E-state index is 10.8. The van der Waals surface area contributed by atoms with Crippen molar-refractivity contribution in [3.05, 3.63) is 29.8 Å². The number of aryl methyl sites for hydroxylation is 1. The number of phenols is 1. The normalized spacial score (nSPS) is 9.62. The first-order valence-electron chi connectivity index (χ1n) is 3.99. The highest BCUT2D eigenvalue weighted by Crippen LogP contribution is 2.11. The van der Waals surface area contributed by atoms with Crippen LogP contribution in [0.2, 0.25) is 0 Å². The average Bonchev–Trinajstić information content (AvgIpc) is 2.14. The van der Waals surface area contributed by atoms with E-state index in [1.54, 1.807) is 12.1 Å². The van der Waals surface area contributed by atoms with Crippen molar-refractivity contribution in [3.8, 4) is 5.75 Å². The Hall–Kier alpha value is -1.51. The second-order valence-electron chi connectivity index (χ2n) is 2.66. The van der Waals surface area contributed by atoms with Gasteiger partial charge in [0.05, 0.1) is 7.11 Å². The van der Waals surface area contributed by atoms with Gasteiger partial charge in [0.2, 0.25) is 0 Å². The number of benzene rings is 1. The molecule has 0 fully saturated rings. The van der Waals surface area contributed by atoms with E-state index < -0.39 is 0 Å². The van der Waals surface area contributed by atoms with Crippen molar-refractivity contribution in [2.45, 2.75) is 12.8 Å². The lowest BCUT2D eigenvalue weighted by Gasteiger charge is -2.00. The molecule has 1 radical (unpaired) electrons. The average molecular weight is 179 g/mol. The number of carbonyl (C=O) groups is 1. The van der Waals surface area contributed by atoms with E-state index in [-0.39, 0.29) is 11.7 Å². The van der Waals surface area contributed by atoms with E-state index in [1.807, 2.05) is 6.07 Å². The van der Waals surface area contributed by atoms with Gasteiger partial charge in [-0.2, -0.15) is 0 Å². The molecule has 0 atom stereocenters. The molecule has 0 aromatic heterocycles. The number of aromatic hydroxyl groups is 1. The van der Waals surface area contributed by atoms with E-state index in [4.69, 9.17) is 5.11 Å². The van der Waals surface area contributed by atoms with Crippen LogP contribution in [0.15, 0.2) is 18.2 Å². The van der Waals surface area contributed by atoms with Crippen LogP contribution in [0.25, 0.3) is 0 Å². The Balaban J connectivity index is 2.50. The van der Waals surface area contributed by atoms with Crippen LogP contribution in [0, 0.1) is 6.07 Å². The lowest BCUT2D eigenvalue weighted by molar-refractivity contribution is -0.140. The van der Waals surface area contributed by atoms with Gasteiger partial charge in [0.15, 0.2) is 0 Å². The lowest BCUT2D eigenvalue weighted by atomic mass is 10.1. The third-order valence-electron chi connectivity index (χ3n) is 1.70. The molecule has 0 spiro atoms. The summed E-state index contributed by atoms with van der Waals surface area (Å²) in [5, 5.41) is 9.06. The molecule has 1 aromatic rings. The molecule has 1 aromatic carbocycles. The highest BCUT2D eigenvalue weighted by Gasteiger charge is 2.01. The Labute approximate surface area is 77.0 Å². The molecule has 3 nitrogen and oxygen atoms in total. The van der Waals surface area contributed by atoms with Gasteiger partial charge in [-0.15, -0.1) is 0 Å². The summed E-state index contributed by atoms with van der Waals surface area (Å²) in [5.41, 5.74) is 0.904. The Morgan fingerprint density at radius 3 is 3.08 bits per heavy atom. The van der Waals surface area contributed by atoms with Crippen LogP contribution in [0.4, 0.5) is 0 Å². The van der Waals surface area contributed by atoms with E-state index in [2.05, 4.69) is 10.8 Å². The summed E-state index contributed by atoms with van der Waals surface area (Å²) in [6, 6.07) is 7.63. The van der Waals surface area contributed by atoms with Gasteiger partial charge >= 0.3 is 5.97 Å². The third kappa shape index (κ3) is 3.15. The molecule has 0 saturated heterocycles. The van der Waals surface area contributed by atoms with E-state index in [0.29, 0.717) is 12.8 Å². The van der Waals surface area contributed by atoms with Crippen molar-refractivity contribution >= 4 is 5.97 Å². The fourth-order valence-corrected chi connectivity index (χ4v) is 1.00. The predicted molar refractivity (Wildman–Crippen MR) is 47.3 cm³/mol. The van der Waals surface area contributed by atoms with E-state index >= 15 is 0 Å². The monoisotopic (exact) mass is 179 g/mol. The Bertz CT molecular complexity index is 294. The summed E-state index contributed by atoms with van der Waals surface area (Å²) < 4.78 is 4.49. The summed E-state index contributed by atoms with van der Waals surface area (Å²) in [6.45, 7) is 0. The summed E-state index contributed by atoms with van der Waals surface area (Å²) in [5.74, 6) is -0.144. The quantitative estimate of drug-likeness (QED) is 0.711. The van der Waals surface area contributed by atoms with E-state index in [0.717, 1.165) is 5.56 Å². The first-order chi connectivity index (χ1) is 6.22. The summed E-state index contributed by atoms with van der Waals surface area (Å²) in [7, 11) is 1.36. The van der Waals surface area contributed by atoms with Gasteiger partial charge in [-0.25, -0.2) is 0 Å². The molecule has 69 valence electrons. The highest BCUT2D eigenvalue weighted by molar-refractivity contribution is 5.69. The van der Waals surface area contributed by atoms with Gasteiger partial charge < -0.3 is 9.84 Å². The molecule has 1 N–H and O–H groups in total. The zero-order valence-electron chi connectivity index (χ0n) is 7.41. The minimum Gasteiger partial charge on any atom is -0.507 e. The number of phenolic OH excluding ortho intramolecular Hbond substituents is 1. The Morgan fingerprint density at radius 2 is 2.46 bits per heavy atom. The fraction of sp³-hybridized carbons (Fsp3) is 0.300. The smallest absolute Gasteiger partial charge is 0.305 e. The van der Waals surface area contributed by atoms with Crippen LogP contribution in [-0.4, -0.2) is 18.2 Å². The molecule has 0 amide bonds. The van der Waals surface area contributed by atoms with Crippen LogP contribution in [0.5, 0.6) is 5.75 Å². The number of methoxy groups -OCH3 is 1. The first kappa shape index (κ1) is 9.58. The number of carbonyl (C=O) groups excluding carboxylic acids is 1. The van der Waals surface area contributed by atoms with Crippen molar-refractivity contribution in [2.75, 3.05) is 7.11 Å². The van der Waals surface area contributed by atoms with Crippen LogP contribution in [0.3, 0.4) is 0 Å². The molecule has 0 bridgehead atoms. The SMILES string of the molecule is COC(=O)CCc1cc[c]c(O)c1. The largest absolute Gasteiger partial charge is 0.507 e. The molecular formula is C10H11O3. The molecule has 0 aliphatic rings. The van der Waals surface area contributed by atoms with Gasteiger partial charge in [0.25, 0.3) is 0 Å². The van der Waals surface area contributed by atoms with Crippen LogP contribution in [0.1, 0.15) is 12.0 Å². The second-order valence-corrected chi connectivity index (χ2v) is 2.66. The maximum absolute atomic E-state index is 10.8. The molecule has 0 saturated carbocycles. The van der Waals surface area contributed by atoms with Crippen molar-refractivity contribution in [2.24, 2.45) is 0 Å². The Morgan fingerprint density at radius 1 is 1.69 bits per heavy atom. The van der Waals surface area contributed by atoms with E-state index in [9.17, 15) is 4.79 Å². The van der Waals surface area contributed by atoms with Gasteiger partial charge in [0, 0.05) is 12.5 Å². The fourth-order valence-electron chi connectivity index (χ4n) is 1.00. The first-order valence-corrected chi connectivity index (χ1v) is 3.99. The number of esters is 1. The Kier molecular flexibility index (Phi) is 3.31. The van der Waals surface area contributed by atoms with Crippen LogP contribution < -0.4 is 0 Å². The topological polar surface area (TPSA) is 46.5 Å². The summed E-state index contributed by atoms with van der Waals surface area (Å²) in [4.78, 5) is 10.8. The lowest BCUT2D eigenvalue weighted by Crippen LogP contribution is -2.01. The standard InChI is InChI=1S/C10H11O3/c1-13-10(12)6-5-8-3-2-4-9(11)7-8/h2-3,7,11H,5-6H2,1H3. The van der Waals surface area contributed by atoms with Gasteiger partial charge in [0.1, 0.15) is 5.75 Å². The van der Waals surface area contributed by atoms with Crippen molar-refractivity contribution in [1.29, 1.82) is 0 Å². The van der Waals surface area contributed by atoms with Gasteiger partial charge in [-0.05, 0) is 18.1 Å². The van der Waals surface area contributed by atoms with Crippen molar-refractivity contribution in [3.63, 3.8) is 0 Å². The minimum absolute atomic E-state index is 0.0994.